The van der Waals surface area contributed by atoms with Gasteiger partial charge >= 0.3 is 0 Å². The molecule has 15 heavy (non-hydrogen) atoms. The first kappa shape index (κ1) is 12.5. The molecular weight excluding hydrogens is 190 g/mol. The molecule has 0 aromatic rings. The molecule has 0 spiro atoms. The number of hydrogen-bond acceptors (Lipinski definition) is 3. The Morgan fingerprint density at radius 1 is 1.53 bits per heavy atom. The van der Waals surface area contributed by atoms with Crippen molar-refractivity contribution in [2.24, 2.45) is 5.73 Å². The topological polar surface area (TPSA) is 49.6 Å². The molecule has 1 saturated heterocycles. The quantitative estimate of drug-likeness (QED) is 0.732. The standard InChI is InChI=1S/C11H23N3O/c1-4-10(12)11(15)14(3)9-5-7-13(2)8-6-9/h9-10H,4-8,12H2,1-3H3. The summed E-state index contributed by atoms with van der Waals surface area (Å²) in [7, 11) is 4.00. The van der Waals surface area contributed by atoms with E-state index in [1.807, 2.05) is 18.9 Å². The van der Waals surface area contributed by atoms with Crippen molar-refractivity contribution in [2.45, 2.75) is 38.3 Å². The molecule has 1 unspecified atom stereocenters. The molecule has 0 aliphatic carbocycles. The molecule has 4 heteroatoms. The van der Waals surface area contributed by atoms with Gasteiger partial charge < -0.3 is 15.5 Å². The van der Waals surface area contributed by atoms with Crippen LogP contribution in [-0.4, -0.2) is 55.0 Å². The van der Waals surface area contributed by atoms with E-state index in [1.54, 1.807) is 0 Å². The van der Waals surface area contributed by atoms with Gasteiger partial charge in [0, 0.05) is 13.1 Å². The molecule has 0 aromatic carbocycles. The molecule has 2 N–H and O–H groups in total. The number of carbonyl (C=O) groups is 1. The van der Waals surface area contributed by atoms with E-state index in [1.165, 1.54) is 0 Å². The average Bonchev–Trinajstić information content (AvgIpc) is 2.27. The molecule has 88 valence electrons. The lowest BCUT2D eigenvalue weighted by atomic mass is 10.0. The summed E-state index contributed by atoms with van der Waals surface area (Å²) in [6, 6.07) is 0.0564. The Bertz CT molecular complexity index is 212. The number of nitrogens with zero attached hydrogens (tertiary/aromatic N) is 2. The normalized spacial score (nSPS) is 21.3. The Kier molecular flexibility index (Phi) is 4.54. The van der Waals surface area contributed by atoms with Gasteiger partial charge in [-0.3, -0.25) is 4.79 Å². The smallest absolute Gasteiger partial charge is 0.239 e. The molecule has 1 atom stereocenters. The summed E-state index contributed by atoms with van der Waals surface area (Å²) in [6.45, 7) is 4.10. The molecule has 1 amide bonds. The van der Waals surface area contributed by atoms with E-state index in [0.717, 1.165) is 32.4 Å². The van der Waals surface area contributed by atoms with Crippen molar-refractivity contribution >= 4 is 5.91 Å². The Morgan fingerprint density at radius 2 is 2.07 bits per heavy atom. The maximum Gasteiger partial charge on any atom is 0.239 e. The molecule has 1 aliphatic rings. The second kappa shape index (κ2) is 5.47. The number of likely N-dealkylation sites (N-methyl/N-ethyl adjacent to an activating group) is 1. The van der Waals surface area contributed by atoms with Crippen molar-refractivity contribution in [3.05, 3.63) is 0 Å². The zero-order valence-electron chi connectivity index (χ0n) is 10.1. The van der Waals surface area contributed by atoms with Crippen molar-refractivity contribution in [3.63, 3.8) is 0 Å². The van der Waals surface area contributed by atoms with E-state index in [9.17, 15) is 4.79 Å². The Hall–Kier alpha value is -0.610. The summed E-state index contributed by atoms with van der Waals surface area (Å²) < 4.78 is 0. The number of piperidine rings is 1. The minimum Gasteiger partial charge on any atom is -0.341 e. The van der Waals surface area contributed by atoms with Gasteiger partial charge in [-0.25, -0.2) is 0 Å². The second-order valence-corrected chi connectivity index (χ2v) is 4.50. The number of carbonyl (C=O) groups excluding carboxylic acids is 1. The van der Waals surface area contributed by atoms with Crippen LogP contribution in [0.5, 0.6) is 0 Å². The highest BCUT2D eigenvalue weighted by Gasteiger charge is 2.26. The zero-order chi connectivity index (χ0) is 11.4. The fourth-order valence-corrected chi connectivity index (χ4v) is 2.00. The van der Waals surface area contributed by atoms with Crippen molar-refractivity contribution in [3.8, 4) is 0 Å². The van der Waals surface area contributed by atoms with Crippen LogP contribution in [0.25, 0.3) is 0 Å². The molecule has 1 aliphatic heterocycles. The number of amides is 1. The van der Waals surface area contributed by atoms with Gasteiger partial charge in [0.2, 0.25) is 5.91 Å². The van der Waals surface area contributed by atoms with Crippen LogP contribution in [0, 0.1) is 0 Å². The van der Waals surface area contributed by atoms with Gasteiger partial charge in [0.25, 0.3) is 0 Å². The molecule has 1 rings (SSSR count). The third-order valence-electron chi connectivity index (χ3n) is 3.34. The number of rotatable bonds is 3. The zero-order valence-corrected chi connectivity index (χ0v) is 10.1. The highest BCUT2D eigenvalue weighted by Crippen LogP contribution is 2.14. The molecule has 0 radical (unpaired) electrons. The average molecular weight is 213 g/mol. The predicted octanol–water partition coefficient (Wildman–Crippen LogP) is 0.276. The van der Waals surface area contributed by atoms with Crippen LogP contribution in [0.4, 0.5) is 0 Å². The maximum atomic E-state index is 11.8. The van der Waals surface area contributed by atoms with Gasteiger partial charge in [-0.15, -0.1) is 0 Å². The second-order valence-electron chi connectivity index (χ2n) is 4.50. The SMILES string of the molecule is CCC(N)C(=O)N(C)C1CCN(C)CC1. The third kappa shape index (κ3) is 3.18. The highest BCUT2D eigenvalue weighted by atomic mass is 16.2. The number of hydrogen-bond donors (Lipinski definition) is 1. The Morgan fingerprint density at radius 3 is 2.53 bits per heavy atom. The van der Waals surface area contributed by atoms with Crippen LogP contribution in [0.15, 0.2) is 0 Å². The first-order chi connectivity index (χ1) is 7.06. The van der Waals surface area contributed by atoms with Crippen LogP contribution in [0.1, 0.15) is 26.2 Å². The van der Waals surface area contributed by atoms with Crippen LogP contribution in [0.2, 0.25) is 0 Å². The first-order valence-electron chi connectivity index (χ1n) is 5.77. The van der Waals surface area contributed by atoms with Gasteiger partial charge in [-0.1, -0.05) is 6.92 Å². The summed E-state index contributed by atoms with van der Waals surface area (Å²) in [5, 5.41) is 0. The molecule has 4 nitrogen and oxygen atoms in total. The lowest BCUT2D eigenvalue weighted by Gasteiger charge is -2.36. The monoisotopic (exact) mass is 213 g/mol. The lowest BCUT2D eigenvalue weighted by Crippen LogP contribution is -2.49. The van der Waals surface area contributed by atoms with E-state index >= 15 is 0 Å². The lowest BCUT2D eigenvalue weighted by molar-refractivity contribution is -0.134. The summed E-state index contributed by atoms with van der Waals surface area (Å²) in [4.78, 5) is 16.0. The van der Waals surface area contributed by atoms with Crippen LogP contribution >= 0.6 is 0 Å². The number of nitrogens with two attached hydrogens (primary N) is 1. The first-order valence-corrected chi connectivity index (χ1v) is 5.77. The van der Waals surface area contributed by atoms with E-state index < -0.39 is 0 Å². The maximum absolute atomic E-state index is 11.8. The van der Waals surface area contributed by atoms with E-state index in [-0.39, 0.29) is 11.9 Å². The van der Waals surface area contributed by atoms with Crippen molar-refractivity contribution in [1.82, 2.24) is 9.80 Å². The summed E-state index contributed by atoms with van der Waals surface area (Å²) in [5.41, 5.74) is 5.75. The fraction of sp³-hybridized carbons (Fsp3) is 0.909. The summed E-state index contributed by atoms with van der Waals surface area (Å²) in [6.07, 6.45) is 2.85. The van der Waals surface area contributed by atoms with Gasteiger partial charge in [0.1, 0.15) is 0 Å². The van der Waals surface area contributed by atoms with Gasteiger partial charge in [0.05, 0.1) is 6.04 Å². The molecule has 1 heterocycles. The largest absolute Gasteiger partial charge is 0.341 e. The van der Waals surface area contributed by atoms with Crippen molar-refractivity contribution in [2.75, 3.05) is 27.2 Å². The van der Waals surface area contributed by atoms with Crippen LogP contribution < -0.4 is 5.73 Å². The van der Waals surface area contributed by atoms with Crippen LogP contribution in [-0.2, 0) is 4.79 Å². The molecule has 0 bridgehead atoms. The predicted molar refractivity (Wildman–Crippen MR) is 61.6 cm³/mol. The van der Waals surface area contributed by atoms with Gasteiger partial charge in [-0.2, -0.15) is 0 Å². The van der Waals surface area contributed by atoms with Crippen LogP contribution in [0.3, 0.4) is 0 Å². The summed E-state index contributed by atoms with van der Waals surface area (Å²) >= 11 is 0. The highest BCUT2D eigenvalue weighted by molar-refractivity contribution is 5.81. The molecular formula is C11H23N3O. The molecule has 1 fully saturated rings. The van der Waals surface area contributed by atoms with Crippen molar-refractivity contribution < 1.29 is 4.79 Å². The number of likely N-dealkylation sites (tertiary alicyclic amines) is 1. The van der Waals surface area contributed by atoms with Gasteiger partial charge in [-0.05, 0) is 39.4 Å². The molecule has 0 saturated carbocycles. The Labute approximate surface area is 92.4 Å². The van der Waals surface area contributed by atoms with E-state index in [2.05, 4.69) is 11.9 Å². The third-order valence-corrected chi connectivity index (χ3v) is 3.34. The van der Waals surface area contributed by atoms with Gasteiger partial charge in [0.15, 0.2) is 0 Å². The minimum absolute atomic E-state index is 0.0899. The Balaban J connectivity index is 2.46. The minimum atomic E-state index is -0.324. The fourth-order valence-electron chi connectivity index (χ4n) is 2.00. The molecule has 0 aromatic heterocycles. The van der Waals surface area contributed by atoms with E-state index in [0.29, 0.717) is 6.04 Å². The van der Waals surface area contributed by atoms with E-state index in [4.69, 9.17) is 5.73 Å². The van der Waals surface area contributed by atoms with Crippen molar-refractivity contribution in [1.29, 1.82) is 0 Å². The summed E-state index contributed by atoms with van der Waals surface area (Å²) in [5.74, 6) is 0.0899.